The van der Waals surface area contributed by atoms with Crippen LogP contribution in [0.4, 0.5) is 4.79 Å². The number of piperidine rings is 1. The number of nitrogens with zero attached hydrogens (tertiary/aromatic N) is 2. The Morgan fingerprint density at radius 2 is 2.14 bits per heavy atom. The zero-order valence-electron chi connectivity index (χ0n) is 16.1. The Morgan fingerprint density at radius 3 is 2.82 bits per heavy atom. The minimum Gasteiger partial charge on any atom is -0.453 e. The van der Waals surface area contributed by atoms with Crippen LogP contribution < -0.4 is 10.6 Å². The number of likely N-dealkylation sites (tertiary alicyclic amines) is 1. The van der Waals surface area contributed by atoms with Gasteiger partial charge in [0.1, 0.15) is 0 Å². The van der Waals surface area contributed by atoms with Gasteiger partial charge in [-0.15, -0.1) is 24.0 Å². The standard InChI is InChI=1S/C19H26ClN5O2.HI/c1-21-18(24-15-6-9-25(10-7-15)19(26)27-2)22-8-5-13-12-23-17-4-3-14(20)11-16(13)17;/h3-4,11-12,15,23H,5-10H2,1-2H3,(H2,21,22,24);1H. The number of amides is 1. The quantitative estimate of drug-likeness (QED) is 0.329. The second-order valence-corrected chi connectivity index (χ2v) is 7.06. The third kappa shape index (κ3) is 5.66. The fraction of sp³-hybridized carbons (Fsp3) is 0.474. The van der Waals surface area contributed by atoms with Crippen LogP contribution in [0, 0.1) is 0 Å². The average Bonchev–Trinajstić information content (AvgIpc) is 3.09. The molecule has 0 spiro atoms. The van der Waals surface area contributed by atoms with E-state index in [9.17, 15) is 4.79 Å². The van der Waals surface area contributed by atoms with Crippen molar-refractivity contribution in [1.82, 2.24) is 20.5 Å². The van der Waals surface area contributed by atoms with Gasteiger partial charge in [-0.3, -0.25) is 4.99 Å². The van der Waals surface area contributed by atoms with Crippen molar-refractivity contribution < 1.29 is 9.53 Å². The topological polar surface area (TPSA) is 81.8 Å². The number of benzene rings is 1. The van der Waals surface area contributed by atoms with Gasteiger partial charge in [0, 0.05) is 54.8 Å². The van der Waals surface area contributed by atoms with Gasteiger partial charge in [0.15, 0.2) is 5.96 Å². The van der Waals surface area contributed by atoms with Gasteiger partial charge in [-0.25, -0.2) is 4.79 Å². The first kappa shape index (κ1) is 22.6. The van der Waals surface area contributed by atoms with Crippen molar-refractivity contribution in [2.24, 2.45) is 4.99 Å². The number of halogens is 2. The molecule has 3 rings (SSSR count). The number of guanidine groups is 1. The number of ether oxygens (including phenoxy) is 1. The highest BCUT2D eigenvalue weighted by Crippen LogP contribution is 2.22. The zero-order chi connectivity index (χ0) is 19.2. The number of nitrogens with one attached hydrogen (secondary N) is 3. The molecule has 0 bridgehead atoms. The summed E-state index contributed by atoms with van der Waals surface area (Å²) in [7, 11) is 3.18. The maximum atomic E-state index is 11.6. The molecule has 1 aromatic carbocycles. The van der Waals surface area contributed by atoms with Gasteiger partial charge < -0.3 is 25.3 Å². The molecule has 0 saturated carbocycles. The van der Waals surface area contributed by atoms with Crippen molar-refractivity contribution in [2.75, 3.05) is 33.8 Å². The maximum absolute atomic E-state index is 11.6. The Bertz CT molecular complexity index is 818. The lowest BCUT2D eigenvalue weighted by atomic mass is 10.1. The molecule has 0 unspecified atom stereocenters. The minimum absolute atomic E-state index is 0. The number of H-pyrrole nitrogens is 1. The Balaban J connectivity index is 0.00000280. The third-order valence-electron chi connectivity index (χ3n) is 4.91. The zero-order valence-corrected chi connectivity index (χ0v) is 19.2. The van der Waals surface area contributed by atoms with Gasteiger partial charge in [0.25, 0.3) is 0 Å². The van der Waals surface area contributed by atoms with Crippen molar-refractivity contribution in [3.05, 3.63) is 35.0 Å². The average molecular weight is 520 g/mol. The Labute approximate surface area is 187 Å². The lowest BCUT2D eigenvalue weighted by Gasteiger charge is -2.32. The highest BCUT2D eigenvalue weighted by molar-refractivity contribution is 14.0. The van der Waals surface area contributed by atoms with E-state index in [4.69, 9.17) is 16.3 Å². The molecule has 3 N–H and O–H groups in total. The summed E-state index contributed by atoms with van der Waals surface area (Å²) in [5, 5.41) is 8.70. The fourth-order valence-electron chi connectivity index (χ4n) is 3.40. The molecule has 1 saturated heterocycles. The number of aromatic amines is 1. The molecule has 2 aromatic rings. The lowest BCUT2D eigenvalue weighted by molar-refractivity contribution is 0.111. The number of fused-ring (bicyclic) bond motifs is 1. The van der Waals surface area contributed by atoms with E-state index in [2.05, 4.69) is 20.6 Å². The number of aromatic nitrogens is 1. The summed E-state index contributed by atoms with van der Waals surface area (Å²) in [6.45, 7) is 2.15. The lowest BCUT2D eigenvalue weighted by Crippen LogP contribution is -2.50. The van der Waals surface area contributed by atoms with E-state index in [1.165, 1.54) is 12.7 Å². The number of carbonyl (C=O) groups excluding carboxylic acids is 1. The number of methoxy groups -OCH3 is 1. The van der Waals surface area contributed by atoms with E-state index in [-0.39, 0.29) is 30.1 Å². The second-order valence-electron chi connectivity index (χ2n) is 6.63. The van der Waals surface area contributed by atoms with Crippen molar-refractivity contribution in [3.63, 3.8) is 0 Å². The predicted molar refractivity (Wildman–Crippen MR) is 124 cm³/mol. The van der Waals surface area contributed by atoms with Gasteiger partial charge in [0.2, 0.25) is 0 Å². The number of carbonyl (C=O) groups is 1. The number of hydrogen-bond acceptors (Lipinski definition) is 3. The van der Waals surface area contributed by atoms with Crippen LogP contribution in [0.1, 0.15) is 18.4 Å². The maximum Gasteiger partial charge on any atom is 0.409 e. The first-order chi connectivity index (χ1) is 13.1. The third-order valence-corrected chi connectivity index (χ3v) is 5.14. The molecular weight excluding hydrogens is 493 g/mol. The van der Waals surface area contributed by atoms with Crippen molar-refractivity contribution in [1.29, 1.82) is 0 Å². The van der Waals surface area contributed by atoms with Crippen LogP contribution in [0.5, 0.6) is 0 Å². The molecule has 9 heteroatoms. The van der Waals surface area contributed by atoms with Gasteiger partial charge in [0.05, 0.1) is 7.11 Å². The smallest absolute Gasteiger partial charge is 0.409 e. The molecule has 1 aliphatic heterocycles. The molecule has 0 aliphatic carbocycles. The summed E-state index contributed by atoms with van der Waals surface area (Å²) in [5.74, 6) is 0.782. The van der Waals surface area contributed by atoms with Gasteiger partial charge in [-0.05, 0) is 43.0 Å². The first-order valence-electron chi connectivity index (χ1n) is 9.16. The molecule has 1 aliphatic rings. The van der Waals surface area contributed by atoms with Crippen LogP contribution in [-0.2, 0) is 11.2 Å². The normalized spacial score (nSPS) is 15.2. The molecule has 7 nitrogen and oxygen atoms in total. The van der Waals surface area contributed by atoms with Crippen LogP contribution in [0.2, 0.25) is 5.02 Å². The molecular formula is C19H27ClIN5O2. The van der Waals surface area contributed by atoms with E-state index in [0.717, 1.165) is 47.7 Å². The van der Waals surface area contributed by atoms with Gasteiger partial charge in [-0.2, -0.15) is 0 Å². The number of hydrogen-bond donors (Lipinski definition) is 3. The van der Waals surface area contributed by atoms with Crippen LogP contribution >= 0.6 is 35.6 Å². The molecule has 2 heterocycles. The Kier molecular flexibility index (Phi) is 8.68. The molecule has 28 heavy (non-hydrogen) atoms. The summed E-state index contributed by atoms with van der Waals surface area (Å²) in [4.78, 5) is 20.9. The number of aliphatic imine (C=N–C) groups is 1. The summed E-state index contributed by atoms with van der Waals surface area (Å²) in [5.41, 5.74) is 2.32. The van der Waals surface area contributed by atoms with Gasteiger partial charge >= 0.3 is 6.09 Å². The van der Waals surface area contributed by atoms with Crippen molar-refractivity contribution in [2.45, 2.75) is 25.3 Å². The molecule has 0 atom stereocenters. The Hall–Kier alpha value is -1.68. The Morgan fingerprint density at radius 1 is 1.39 bits per heavy atom. The number of rotatable bonds is 4. The first-order valence-corrected chi connectivity index (χ1v) is 9.54. The van der Waals surface area contributed by atoms with E-state index in [1.54, 1.807) is 11.9 Å². The summed E-state index contributed by atoms with van der Waals surface area (Å²) in [6, 6.07) is 6.17. The van der Waals surface area contributed by atoms with Crippen LogP contribution in [0.25, 0.3) is 10.9 Å². The highest BCUT2D eigenvalue weighted by Gasteiger charge is 2.23. The molecule has 0 radical (unpaired) electrons. The highest BCUT2D eigenvalue weighted by atomic mass is 127. The second kappa shape index (κ2) is 10.8. The molecule has 1 aromatic heterocycles. The van der Waals surface area contributed by atoms with E-state index in [1.807, 2.05) is 24.4 Å². The molecule has 1 fully saturated rings. The predicted octanol–water partition coefficient (Wildman–Crippen LogP) is 3.38. The van der Waals surface area contributed by atoms with Crippen molar-refractivity contribution >= 4 is 58.5 Å². The molecule has 1 amide bonds. The van der Waals surface area contributed by atoms with Crippen molar-refractivity contribution in [3.8, 4) is 0 Å². The summed E-state index contributed by atoms with van der Waals surface area (Å²) in [6.07, 6.45) is 4.38. The summed E-state index contributed by atoms with van der Waals surface area (Å²) >= 11 is 6.11. The van der Waals surface area contributed by atoms with E-state index >= 15 is 0 Å². The van der Waals surface area contributed by atoms with Crippen LogP contribution in [0.3, 0.4) is 0 Å². The van der Waals surface area contributed by atoms with Gasteiger partial charge in [-0.1, -0.05) is 11.6 Å². The van der Waals surface area contributed by atoms with E-state index < -0.39 is 0 Å². The minimum atomic E-state index is -0.255. The van der Waals surface area contributed by atoms with Crippen LogP contribution in [0.15, 0.2) is 29.4 Å². The molecule has 154 valence electrons. The monoisotopic (exact) mass is 519 g/mol. The van der Waals surface area contributed by atoms with E-state index in [0.29, 0.717) is 19.1 Å². The largest absolute Gasteiger partial charge is 0.453 e. The SMILES string of the molecule is CN=C(NCCc1c[nH]c2ccc(Cl)cc12)NC1CCN(C(=O)OC)CC1.I. The van der Waals surface area contributed by atoms with Crippen LogP contribution in [-0.4, -0.2) is 61.8 Å². The summed E-state index contributed by atoms with van der Waals surface area (Å²) < 4.78 is 4.77. The fourth-order valence-corrected chi connectivity index (χ4v) is 3.57.